The molecule has 5 heteroatoms. The molecule has 0 bridgehead atoms. The summed E-state index contributed by atoms with van der Waals surface area (Å²) < 4.78 is 5.09. The van der Waals surface area contributed by atoms with Crippen LogP contribution in [0.15, 0.2) is 42.5 Å². The van der Waals surface area contributed by atoms with Crippen LogP contribution in [0.25, 0.3) is 0 Å². The molecule has 1 amide bonds. The molecule has 21 heavy (non-hydrogen) atoms. The quantitative estimate of drug-likeness (QED) is 0.835. The number of halogens is 1. The van der Waals surface area contributed by atoms with Crippen molar-refractivity contribution in [2.24, 2.45) is 0 Å². The van der Waals surface area contributed by atoms with Gasteiger partial charge in [0.1, 0.15) is 0 Å². The van der Waals surface area contributed by atoms with Crippen LogP contribution >= 0.6 is 11.6 Å². The Labute approximate surface area is 128 Å². The summed E-state index contributed by atoms with van der Waals surface area (Å²) in [4.78, 5) is 12.2. The lowest BCUT2D eigenvalue weighted by Crippen LogP contribution is -2.24. The molecule has 3 N–H and O–H groups in total. The second-order valence-electron chi connectivity index (χ2n) is 4.64. The van der Waals surface area contributed by atoms with Crippen LogP contribution in [0.1, 0.15) is 21.5 Å². The third kappa shape index (κ3) is 3.97. The molecule has 2 aromatic carbocycles. The van der Waals surface area contributed by atoms with E-state index in [1.54, 1.807) is 25.3 Å². The lowest BCUT2D eigenvalue weighted by atomic mass is 10.1. The number of nitrogen functional groups attached to an aromatic ring is 1. The van der Waals surface area contributed by atoms with Gasteiger partial charge in [0.2, 0.25) is 0 Å². The van der Waals surface area contributed by atoms with Gasteiger partial charge in [-0.2, -0.15) is 0 Å². The summed E-state index contributed by atoms with van der Waals surface area (Å²) in [6, 6.07) is 12.8. The summed E-state index contributed by atoms with van der Waals surface area (Å²) in [6.45, 7) is 0.945. The van der Waals surface area contributed by atoms with E-state index in [-0.39, 0.29) is 5.91 Å². The van der Waals surface area contributed by atoms with Gasteiger partial charge in [0.05, 0.1) is 17.2 Å². The number of hydrogen-bond acceptors (Lipinski definition) is 3. The molecule has 110 valence electrons. The first-order chi connectivity index (χ1) is 10.1. The Balaban J connectivity index is 2.06. The summed E-state index contributed by atoms with van der Waals surface area (Å²) in [6.07, 6.45) is 0. The Morgan fingerprint density at radius 3 is 2.67 bits per heavy atom. The van der Waals surface area contributed by atoms with Crippen LogP contribution < -0.4 is 11.1 Å². The predicted octanol–water partition coefficient (Wildman–Crippen LogP) is 3.00. The van der Waals surface area contributed by atoms with Crippen LogP contribution in [-0.4, -0.2) is 13.0 Å². The Bertz CT molecular complexity index is 624. The van der Waals surface area contributed by atoms with Gasteiger partial charge in [-0.15, -0.1) is 0 Å². The van der Waals surface area contributed by atoms with E-state index < -0.39 is 0 Å². The highest BCUT2D eigenvalue weighted by Gasteiger charge is 2.13. The first-order valence-electron chi connectivity index (χ1n) is 6.50. The molecule has 0 heterocycles. The molecule has 4 nitrogen and oxygen atoms in total. The van der Waals surface area contributed by atoms with Crippen molar-refractivity contribution >= 4 is 23.2 Å². The SMILES string of the molecule is COCc1cccc(CNC(=O)c2c(N)cccc2Cl)c1. The molecular formula is C16H17ClN2O2. The zero-order valence-electron chi connectivity index (χ0n) is 11.7. The Hall–Kier alpha value is -2.04. The van der Waals surface area contributed by atoms with E-state index in [2.05, 4.69) is 5.32 Å². The number of carbonyl (C=O) groups is 1. The zero-order valence-corrected chi connectivity index (χ0v) is 12.5. The highest BCUT2D eigenvalue weighted by atomic mass is 35.5. The van der Waals surface area contributed by atoms with Gasteiger partial charge in [0, 0.05) is 19.3 Å². The van der Waals surface area contributed by atoms with Crippen LogP contribution in [-0.2, 0) is 17.9 Å². The largest absolute Gasteiger partial charge is 0.398 e. The van der Waals surface area contributed by atoms with E-state index in [1.165, 1.54) is 0 Å². The van der Waals surface area contributed by atoms with Crippen molar-refractivity contribution < 1.29 is 9.53 Å². The van der Waals surface area contributed by atoms with Gasteiger partial charge in [0.15, 0.2) is 0 Å². The third-order valence-corrected chi connectivity index (χ3v) is 3.34. The highest BCUT2D eigenvalue weighted by molar-refractivity contribution is 6.34. The van der Waals surface area contributed by atoms with Crippen molar-refractivity contribution in [2.75, 3.05) is 12.8 Å². The monoisotopic (exact) mass is 304 g/mol. The summed E-state index contributed by atoms with van der Waals surface area (Å²) in [5.74, 6) is -0.282. The van der Waals surface area contributed by atoms with Gasteiger partial charge in [-0.05, 0) is 23.3 Å². The topological polar surface area (TPSA) is 64.3 Å². The molecule has 2 aromatic rings. The second-order valence-corrected chi connectivity index (χ2v) is 5.05. The van der Waals surface area contributed by atoms with Crippen molar-refractivity contribution in [3.05, 3.63) is 64.2 Å². The standard InChI is InChI=1S/C16H17ClN2O2/c1-21-10-12-5-2-4-11(8-12)9-19-16(20)15-13(17)6-3-7-14(15)18/h2-8H,9-10,18H2,1H3,(H,19,20). The Morgan fingerprint density at radius 1 is 1.24 bits per heavy atom. The van der Waals surface area contributed by atoms with Gasteiger partial charge in [-0.3, -0.25) is 4.79 Å². The van der Waals surface area contributed by atoms with E-state index in [0.717, 1.165) is 11.1 Å². The van der Waals surface area contributed by atoms with Gasteiger partial charge in [0.25, 0.3) is 5.91 Å². The molecule has 0 atom stereocenters. The molecule has 0 aliphatic rings. The summed E-state index contributed by atoms with van der Waals surface area (Å²) in [5, 5.41) is 3.17. The third-order valence-electron chi connectivity index (χ3n) is 3.03. The van der Waals surface area contributed by atoms with Crippen LogP contribution in [0.2, 0.25) is 5.02 Å². The van der Waals surface area contributed by atoms with Gasteiger partial charge in [-0.25, -0.2) is 0 Å². The molecule has 0 radical (unpaired) electrons. The van der Waals surface area contributed by atoms with E-state index in [0.29, 0.717) is 29.4 Å². The van der Waals surface area contributed by atoms with E-state index in [1.807, 2.05) is 24.3 Å². The number of nitrogens with one attached hydrogen (secondary N) is 1. The lowest BCUT2D eigenvalue weighted by Gasteiger charge is -2.10. The lowest BCUT2D eigenvalue weighted by molar-refractivity contribution is 0.0952. The van der Waals surface area contributed by atoms with Crippen molar-refractivity contribution in [2.45, 2.75) is 13.2 Å². The van der Waals surface area contributed by atoms with E-state index in [9.17, 15) is 4.79 Å². The van der Waals surface area contributed by atoms with Crippen LogP contribution in [0.5, 0.6) is 0 Å². The molecule has 0 spiro atoms. The fourth-order valence-electron chi connectivity index (χ4n) is 2.05. The molecule has 0 saturated carbocycles. The van der Waals surface area contributed by atoms with Crippen LogP contribution in [0.4, 0.5) is 5.69 Å². The maximum absolute atomic E-state index is 12.2. The minimum absolute atomic E-state index is 0.282. The molecule has 0 fully saturated rings. The summed E-state index contributed by atoms with van der Waals surface area (Å²) >= 11 is 6.02. The molecule has 0 aliphatic carbocycles. The predicted molar refractivity (Wildman–Crippen MR) is 84.2 cm³/mol. The van der Waals surface area contributed by atoms with Crippen molar-refractivity contribution in [1.82, 2.24) is 5.32 Å². The molecule has 0 aromatic heterocycles. The number of methoxy groups -OCH3 is 1. The Kier molecular flexibility index (Phi) is 5.20. The first kappa shape index (κ1) is 15.4. The molecule has 2 rings (SSSR count). The van der Waals surface area contributed by atoms with E-state index >= 15 is 0 Å². The summed E-state index contributed by atoms with van der Waals surface area (Å²) in [7, 11) is 1.65. The Morgan fingerprint density at radius 2 is 1.95 bits per heavy atom. The minimum atomic E-state index is -0.282. The van der Waals surface area contributed by atoms with Crippen LogP contribution in [0, 0.1) is 0 Å². The smallest absolute Gasteiger partial charge is 0.255 e. The maximum Gasteiger partial charge on any atom is 0.255 e. The average molecular weight is 305 g/mol. The van der Waals surface area contributed by atoms with Crippen LogP contribution in [0.3, 0.4) is 0 Å². The molecule has 0 unspecified atom stereocenters. The number of ether oxygens (including phenoxy) is 1. The second kappa shape index (κ2) is 7.11. The molecular weight excluding hydrogens is 288 g/mol. The fraction of sp³-hybridized carbons (Fsp3) is 0.188. The highest BCUT2D eigenvalue weighted by Crippen LogP contribution is 2.21. The maximum atomic E-state index is 12.2. The number of rotatable bonds is 5. The number of amides is 1. The van der Waals surface area contributed by atoms with Crippen molar-refractivity contribution in [3.63, 3.8) is 0 Å². The minimum Gasteiger partial charge on any atom is -0.398 e. The molecule has 0 aliphatic heterocycles. The van der Waals surface area contributed by atoms with Gasteiger partial charge < -0.3 is 15.8 Å². The number of hydrogen-bond donors (Lipinski definition) is 2. The number of benzene rings is 2. The number of carbonyl (C=O) groups excluding carboxylic acids is 1. The first-order valence-corrected chi connectivity index (χ1v) is 6.88. The average Bonchev–Trinajstić information content (AvgIpc) is 2.46. The fourth-order valence-corrected chi connectivity index (χ4v) is 2.31. The van der Waals surface area contributed by atoms with Gasteiger partial charge >= 0.3 is 0 Å². The van der Waals surface area contributed by atoms with E-state index in [4.69, 9.17) is 22.1 Å². The normalized spacial score (nSPS) is 10.4. The van der Waals surface area contributed by atoms with Gasteiger partial charge in [-0.1, -0.05) is 41.9 Å². The number of nitrogens with two attached hydrogens (primary N) is 1. The summed E-state index contributed by atoms with van der Waals surface area (Å²) in [5.41, 5.74) is 8.52. The van der Waals surface area contributed by atoms with Crippen molar-refractivity contribution in [3.8, 4) is 0 Å². The number of anilines is 1. The van der Waals surface area contributed by atoms with Crippen molar-refractivity contribution in [1.29, 1.82) is 0 Å². The molecule has 0 saturated heterocycles. The zero-order chi connectivity index (χ0) is 15.2.